The van der Waals surface area contributed by atoms with E-state index in [9.17, 15) is 23.1 Å². The van der Waals surface area contributed by atoms with Gasteiger partial charge in [-0.1, -0.05) is 0 Å². The van der Waals surface area contributed by atoms with Crippen LogP contribution in [-0.4, -0.2) is 46.8 Å². The van der Waals surface area contributed by atoms with Gasteiger partial charge in [0.15, 0.2) is 0 Å². The number of aliphatic hydroxyl groups is 1. The predicted octanol–water partition coefficient (Wildman–Crippen LogP) is 3.73. The van der Waals surface area contributed by atoms with Gasteiger partial charge in [0.25, 0.3) is 0 Å². The summed E-state index contributed by atoms with van der Waals surface area (Å²) in [7, 11) is 0. The second kappa shape index (κ2) is 7.20. The molecular weight excluding hydrogens is 397 g/mol. The molecule has 1 unspecified atom stereocenters. The van der Waals surface area contributed by atoms with Crippen LogP contribution in [0.15, 0.2) is 28.4 Å². The summed E-state index contributed by atoms with van der Waals surface area (Å²) in [6.45, 7) is 10.4. The summed E-state index contributed by atoms with van der Waals surface area (Å²) in [5.74, 6) is 0.379. The number of alkyl halides is 3. The van der Waals surface area contributed by atoms with E-state index in [1.807, 2.05) is 4.90 Å². The fourth-order valence-corrected chi connectivity index (χ4v) is 4.72. The summed E-state index contributed by atoms with van der Waals surface area (Å²) < 4.78 is 38.7. The largest absolute Gasteiger partial charge is 0.416 e. The van der Waals surface area contributed by atoms with Crippen LogP contribution in [0.3, 0.4) is 0 Å². The number of carbonyl (C=O) groups is 1. The van der Waals surface area contributed by atoms with E-state index >= 15 is 0 Å². The lowest BCUT2D eigenvalue weighted by Crippen LogP contribution is -2.42. The SMILES string of the molecule is [C-]#[N+]c1cc(C(F)(F)F)cnc1N1CCC(C2=NCC3=C2C(C)(O)CC(=O)C3)CC1. The fourth-order valence-electron chi connectivity index (χ4n) is 4.72. The Morgan fingerprint density at radius 1 is 1.33 bits per heavy atom. The number of carbonyl (C=O) groups excluding carboxylic acids is 1. The van der Waals surface area contributed by atoms with Gasteiger partial charge in [0.1, 0.15) is 11.6 Å². The standard InChI is InChI=1S/C21H21F3N4O2/c1-20(30)9-15(29)7-13-10-26-18(17(13)20)12-3-5-28(6-4-12)19-16(25-2)8-14(11-27-19)21(22,23)24/h8,11-12,30H,3-7,9-10H2,1H3. The molecule has 0 spiro atoms. The highest BCUT2D eigenvalue weighted by molar-refractivity contribution is 6.08. The van der Waals surface area contributed by atoms with Gasteiger partial charge < -0.3 is 10.0 Å². The number of nitrogens with zero attached hydrogens (tertiary/aromatic N) is 4. The maximum atomic E-state index is 12.9. The number of hydrogen-bond acceptors (Lipinski definition) is 5. The van der Waals surface area contributed by atoms with Gasteiger partial charge in [-0.3, -0.25) is 14.8 Å². The molecule has 1 aromatic rings. The molecule has 0 saturated carbocycles. The number of aliphatic imine (C=N–C) groups is 1. The molecule has 1 aliphatic carbocycles. The molecule has 0 amide bonds. The molecule has 1 atom stereocenters. The number of piperidine rings is 1. The highest BCUT2D eigenvalue weighted by Crippen LogP contribution is 2.41. The molecule has 1 aromatic heterocycles. The van der Waals surface area contributed by atoms with Gasteiger partial charge in [-0.15, -0.1) is 0 Å². The molecule has 6 nitrogen and oxygen atoms in total. The summed E-state index contributed by atoms with van der Waals surface area (Å²) >= 11 is 0. The van der Waals surface area contributed by atoms with Gasteiger partial charge in [0, 0.05) is 49.3 Å². The van der Waals surface area contributed by atoms with Crippen molar-refractivity contribution in [3.05, 3.63) is 40.4 Å². The molecular formula is C21H21F3N4O2. The molecule has 0 radical (unpaired) electrons. The molecule has 0 aromatic carbocycles. The quantitative estimate of drug-likeness (QED) is 0.743. The van der Waals surface area contributed by atoms with Crippen molar-refractivity contribution in [3.63, 3.8) is 0 Å². The smallest absolute Gasteiger partial charge is 0.385 e. The van der Waals surface area contributed by atoms with Crippen molar-refractivity contribution in [3.8, 4) is 0 Å². The number of anilines is 1. The summed E-state index contributed by atoms with van der Waals surface area (Å²) in [6, 6.07) is 0.843. The van der Waals surface area contributed by atoms with Crippen molar-refractivity contribution in [2.75, 3.05) is 24.5 Å². The van der Waals surface area contributed by atoms with Gasteiger partial charge in [0.2, 0.25) is 5.69 Å². The number of aromatic nitrogens is 1. The molecule has 1 saturated heterocycles. The van der Waals surface area contributed by atoms with E-state index < -0.39 is 17.3 Å². The lowest BCUT2D eigenvalue weighted by Gasteiger charge is -2.37. The monoisotopic (exact) mass is 418 g/mol. The normalized spacial score (nSPS) is 25.3. The van der Waals surface area contributed by atoms with Gasteiger partial charge in [-0.25, -0.2) is 4.85 Å². The van der Waals surface area contributed by atoms with Crippen molar-refractivity contribution >= 4 is 23.0 Å². The number of ketones is 1. The first-order valence-corrected chi connectivity index (χ1v) is 9.81. The van der Waals surface area contributed by atoms with E-state index in [0.717, 1.165) is 29.1 Å². The number of halogens is 3. The maximum Gasteiger partial charge on any atom is 0.416 e. The molecule has 2 aliphatic heterocycles. The van der Waals surface area contributed by atoms with Crippen LogP contribution in [-0.2, 0) is 11.0 Å². The average molecular weight is 418 g/mol. The van der Waals surface area contributed by atoms with Crippen molar-refractivity contribution in [2.45, 2.75) is 44.4 Å². The van der Waals surface area contributed by atoms with Crippen LogP contribution in [0.1, 0.15) is 38.2 Å². The number of rotatable bonds is 2. The van der Waals surface area contributed by atoms with E-state index in [2.05, 4.69) is 14.8 Å². The Hall–Kier alpha value is -2.73. The van der Waals surface area contributed by atoms with Gasteiger partial charge in [-0.05, 0) is 31.4 Å². The molecule has 4 rings (SSSR count). The molecule has 158 valence electrons. The molecule has 30 heavy (non-hydrogen) atoms. The average Bonchev–Trinajstić information content (AvgIpc) is 3.11. The lowest BCUT2D eigenvalue weighted by atomic mass is 9.74. The molecule has 3 heterocycles. The minimum Gasteiger partial charge on any atom is -0.385 e. The van der Waals surface area contributed by atoms with Crippen LogP contribution < -0.4 is 4.90 Å². The third-order valence-electron chi connectivity index (χ3n) is 6.02. The van der Waals surface area contributed by atoms with Gasteiger partial charge in [0.05, 0.1) is 24.3 Å². The highest BCUT2D eigenvalue weighted by Gasteiger charge is 2.43. The van der Waals surface area contributed by atoms with Crippen LogP contribution in [0.2, 0.25) is 0 Å². The third-order valence-corrected chi connectivity index (χ3v) is 6.02. The number of hydrogen-bond donors (Lipinski definition) is 1. The Labute approximate surface area is 171 Å². The lowest BCUT2D eigenvalue weighted by molar-refractivity contribution is -0.137. The van der Waals surface area contributed by atoms with Crippen LogP contribution in [0.5, 0.6) is 0 Å². The van der Waals surface area contributed by atoms with Crippen molar-refractivity contribution < 1.29 is 23.1 Å². The summed E-state index contributed by atoms with van der Waals surface area (Å²) in [5.41, 5.74) is 0.307. The molecule has 1 fully saturated rings. The first-order chi connectivity index (χ1) is 14.1. The first-order valence-electron chi connectivity index (χ1n) is 9.81. The maximum absolute atomic E-state index is 12.9. The summed E-state index contributed by atoms with van der Waals surface area (Å²) in [4.78, 5) is 25.5. The van der Waals surface area contributed by atoms with Crippen LogP contribution in [0.4, 0.5) is 24.7 Å². The van der Waals surface area contributed by atoms with E-state index in [-0.39, 0.29) is 29.6 Å². The van der Waals surface area contributed by atoms with Gasteiger partial charge >= 0.3 is 6.18 Å². The Morgan fingerprint density at radius 3 is 2.67 bits per heavy atom. The van der Waals surface area contributed by atoms with Crippen molar-refractivity contribution in [1.82, 2.24) is 4.98 Å². The summed E-state index contributed by atoms with van der Waals surface area (Å²) in [5, 5.41) is 10.8. The topological polar surface area (TPSA) is 70.2 Å². The van der Waals surface area contributed by atoms with E-state index in [4.69, 9.17) is 6.57 Å². The van der Waals surface area contributed by atoms with E-state index in [1.54, 1.807) is 6.92 Å². The van der Waals surface area contributed by atoms with Crippen molar-refractivity contribution in [1.29, 1.82) is 0 Å². The zero-order chi connectivity index (χ0) is 21.7. The highest BCUT2D eigenvalue weighted by atomic mass is 19.4. The van der Waals surface area contributed by atoms with E-state index in [0.29, 0.717) is 38.9 Å². The number of Topliss-reactive ketones (excluding diaryl/α,β-unsaturated/α-hetero) is 1. The fraction of sp³-hybridized carbons (Fsp3) is 0.524. The number of pyridine rings is 1. The van der Waals surface area contributed by atoms with Crippen molar-refractivity contribution in [2.24, 2.45) is 10.9 Å². The Morgan fingerprint density at radius 2 is 2.03 bits per heavy atom. The second-order valence-electron chi connectivity index (χ2n) is 8.28. The Kier molecular flexibility index (Phi) is 4.93. The zero-order valence-electron chi connectivity index (χ0n) is 16.5. The Bertz CT molecular complexity index is 996. The minimum atomic E-state index is -4.54. The summed E-state index contributed by atoms with van der Waals surface area (Å²) in [6.07, 6.45) is -1.99. The molecule has 1 N–H and O–H groups in total. The third kappa shape index (κ3) is 3.60. The first kappa shape index (κ1) is 20.5. The predicted molar refractivity (Wildman–Crippen MR) is 105 cm³/mol. The second-order valence-corrected chi connectivity index (χ2v) is 8.28. The Balaban J connectivity index is 1.50. The molecule has 9 heteroatoms. The zero-order valence-corrected chi connectivity index (χ0v) is 16.5. The minimum absolute atomic E-state index is 0.0186. The van der Waals surface area contributed by atoms with Crippen LogP contribution in [0.25, 0.3) is 4.85 Å². The molecule has 3 aliphatic rings. The van der Waals surface area contributed by atoms with Gasteiger partial charge in [-0.2, -0.15) is 13.2 Å². The van der Waals surface area contributed by atoms with Crippen LogP contribution >= 0.6 is 0 Å². The molecule has 0 bridgehead atoms. The van der Waals surface area contributed by atoms with Crippen LogP contribution in [0, 0.1) is 12.5 Å². The van der Waals surface area contributed by atoms with E-state index in [1.165, 1.54) is 0 Å².